The second kappa shape index (κ2) is 5.90. The highest BCUT2D eigenvalue weighted by atomic mass is 16.3. The molecule has 0 fully saturated rings. The molecule has 0 saturated heterocycles. The Morgan fingerprint density at radius 1 is 0.862 bits per heavy atom. The van der Waals surface area contributed by atoms with Crippen molar-refractivity contribution < 1.29 is 4.42 Å². The third kappa shape index (κ3) is 2.39. The molecule has 0 aliphatic carbocycles. The topological polar surface area (TPSA) is 76.7 Å². The van der Waals surface area contributed by atoms with Crippen LogP contribution in [-0.4, -0.2) is 20.0 Å². The Kier molecular flexibility index (Phi) is 3.22. The summed E-state index contributed by atoms with van der Waals surface area (Å²) in [5.74, 6) is 0.588. The van der Waals surface area contributed by atoms with Crippen molar-refractivity contribution in [2.24, 2.45) is 0 Å². The molecule has 3 aromatic carbocycles. The minimum atomic E-state index is -0.333. The fraction of sp³-hybridized carbons (Fsp3) is 0. The van der Waals surface area contributed by atoms with Gasteiger partial charge < -0.3 is 4.42 Å². The summed E-state index contributed by atoms with van der Waals surface area (Å²) in [5, 5.41) is 15.2. The van der Waals surface area contributed by atoms with Crippen molar-refractivity contribution in [1.82, 2.24) is 20.0 Å². The van der Waals surface area contributed by atoms with Gasteiger partial charge in [0.1, 0.15) is 11.3 Å². The number of para-hydroxylation sites is 1. The van der Waals surface area contributed by atoms with Crippen molar-refractivity contribution in [3.63, 3.8) is 0 Å². The molecule has 29 heavy (non-hydrogen) atoms. The number of H-pyrrole nitrogens is 1. The smallest absolute Gasteiger partial charge is 0.292 e. The van der Waals surface area contributed by atoms with Crippen LogP contribution in [0.1, 0.15) is 0 Å². The zero-order valence-corrected chi connectivity index (χ0v) is 15.2. The lowest BCUT2D eigenvalue weighted by Gasteiger charge is -1.98. The third-order valence-electron chi connectivity index (χ3n) is 5.13. The predicted octanol–water partition coefficient (Wildman–Crippen LogP) is 4.68. The molecule has 3 heterocycles. The van der Waals surface area contributed by atoms with Crippen LogP contribution in [0, 0.1) is 0 Å². The molecule has 3 aromatic heterocycles. The van der Waals surface area contributed by atoms with Crippen LogP contribution in [0.15, 0.2) is 88.2 Å². The maximum absolute atomic E-state index is 12.3. The molecule has 6 aromatic rings. The second-order valence-electron chi connectivity index (χ2n) is 6.88. The minimum Gasteiger partial charge on any atom is -0.454 e. The highest BCUT2D eigenvalue weighted by Crippen LogP contribution is 2.34. The lowest BCUT2D eigenvalue weighted by molar-refractivity contribution is 0.628. The molecule has 6 heteroatoms. The zero-order valence-electron chi connectivity index (χ0n) is 15.2. The van der Waals surface area contributed by atoms with E-state index >= 15 is 0 Å². The average Bonchev–Trinajstić information content (AvgIpc) is 3.40. The number of benzene rings is 3. The summed E-state index contributed by atoms with van der Waals surface area (Å²) in [6, 6.07) is 23.8. The summed E-state index contributed by atoms with van der Waals surface area (Å²) in [7, 11) is 0. The number of fused-ring (bicyclic) bond motifs is 4. The van der Waals surface area contributed by atoms with Gasteiger partial charge >= 0.3 is 0 Å². The quantitative estimate of drug-likeness (QED) is 0.475. The van der Waals surface area contributed by atoms with E-state index in [4.69, 9.17) is 4.42 Å². The SMILES string of the molecule is O=c1[nH]nc(-c2cc3c(ccc4ccccc43)o2)c2cn(-c3ccccc3)nc12. The number of aromatic amines is 1. The molecule has 1 N–H and O–H groups in total. The zero-order chi connectivity index (χ0) is 19.4. The van der Waals surface area contributed by atoms with Gasteiger partial charge in [-0.2, -0.15) is 10.2 Å². The first-order valence-corrected chi connectivity index (χ1v) is 9.23. The first-order chi connectivity index (χ1) is 14.3. The van der Waals surface area contributed by atoms with Gasteiger partial charge in [0.05, 0.1) is 11.1 Å². The predicted molar refractivity (Wildman–Crippen MR) is 112 cm³/mol. The Bertz CT molecular complexity index is 1580. The monoisotopic (exact) mass is 378 g/mol. The molecule has 0 aliphatic heterocycles. The first kappa shape index (κ1) is 15.8. The van der Waals surface area contributed by atoms with Gasteiger partial charge in [0.2, 0.25) is 0 Å². The molecule has 0 spiro atoms. The lowest BCUT2D eigenvalue weighted by atomic mass is 10.1. The fourth-order valence-electron chi connectivity index (χ4n) is 3.74. The van der Waals surface area contributed by atoms with E-state index in [0.29, 0.717) is 22.4 Å². The van der Waals surface area contributed by atoms with Crippen molar-refractivity contribution in [3.05, 3.63) is 89.3 Å². The summed E-state index contributed by atoms with van der Waals surface area (Å²) in [5.41, 5.74) is 2.19. The van der Waals surface area contributed by atoms with Crippen LogP contribution in [0.25, 0.3) is 49.8 Å². The minimum absolute atomic E-state index is 0.323. The molecule has 0 saturated carbocycles. The van der Waals surface area contributed by atoms with E-state index in [-0.39, 0.29) is 5.56 Å². The van der Waals surface area contributed by atoms with Crippen LogP contribution in [0.4, 0.5) is 0 Å². The molecular weight excluding hydrogens is 364 g/mol. The fourth-order valence-corrected chi connectivity index (χ4v) is 3.74. The van der Waals surface area contributed by atoms with Crippen molar-refractivity contribution in [1.29, 1.82) is 0 Å². The van der Waals surface area contributed by atoms with Crippen LogP contribution in [0.5, 0.6) is 0 Å². The van der Waals surface area contributed by atoms with Gasteiger partial charge in [0.25, 0.3) is 5.56 Å². The molecular formula is C23H14N4O2. The standard InChI is InChI=1S/C23H14N4O2/c28-23-22-18(13-27(26-22)15-7-2-1-3-8-15)21(24-25-23)20-12-17-16-9-5-4-6-14(16)10-11-19(17)29-20/h1-13H,(H,25,28). The van der Waals surface area contributed by atoms with Gasteiger partial charge in [-0.25, -0.2) is 9.78 Å². The van der Waals surface area contributed by atoms with E-state index in [9.17, 15) is 4.79 Å². The van der Waals surface area contributed by atoms with Crippen LogP contribution in [0.3, 0.4) is 0 Å². The summed E-state index contributed by atoms with van der Waals surface area (Å²) < 4.78 is 7.79. The molecule has 0 amide bonds. The Balaban J connectivity index is 1.61. The number of hydrogen-bond acceptors (Lipinski definition) is 4. The van der Waals surface area contributed by atoms with Gasteiger partial charge in [-0.05, 0) is 35.0 Å². The Labute approximate surface area is 164 Å². The summed E-state index contributed by atoms with van der Waals surface area (Å²) >= 11 is 0. The van der Waals surface area contributed by atoms with Crippen LogP contribution < -0.4 is 5.56 Å². The van der Waals surface area contributed by atoms with E-state index in [2.05, 4.69) is 27.4 Å². The number of rotatable bonds is 2. The summed E-state index contributed by atoms with van der Waals surface area (Å²) in [6.07, 6.45) is 1.81. The Hall–Kier alpha value is -4.19. The van der Waals surface area contributed by atoms with Crippen molar-refractivity contribution >= 4 is 32.6 Å². The van der Waals surface area contributed by atoms with Gasteiger partial charge in [-0.3, -0.25) is 4.79 Å². The van der Waals surface area contributed by atoms with E-state index in [1.807, 2.05) is 66.9 Å². The Morgan fingerprint density at radius 3 is 2.59 bits per heavy atom. The first-order valence-electron chi connectivity index (χ1n) is 9.23. The number of nitrogens with zero attached hydrogens (tertiary/aromatic N) is 3. The molecule has 0 radical (unpaired) electrons. The molecule has 0 bridgehead atoms. The summed E-state index contributed by atoms with van der Waals surface area (Å²) in [4.78, 5) is 12.3. The van der Waals surface area contributed by atoms with Crippen LogP contribution >= 0.6 is 0 Å². The molecule has 6 rings (SSSR count). The van der Waals surface area contributed by atoms with E-state index in [1.54, 1.807) is 4.68 Å². The number of hydrogen-bond donors (Lipinski definition) is 1. The van der Waals surface area contributed by atoms with Gasteiger partial charge in [-0.15, -0.1) is 0 Å². The average molecular weight is 378 g/mol. The van der Waals surface area contributed by atoms with Crippen LogP contribution in [0.2, 0.25) is 0 Å². The maximum atomic E-state index is 12.3. The molecule has 138 valence electrons. The van der Waals surface area contributed by atoms with E-state index < -0.39 is 0 Å². The lowest BCUT2D eigenvalue weighted by Crippen LogP contribution is -2.09. The summed E-state index contributed by atoms with van der Waals surface area (Å²) in [6.45, 7) is 0. The number of nitrogens with one attached hydrogen (secondary N) is 1. The van der Waals surface area contributed by atoms with E-state index in [0.717, 1.165) is 27.4 Å². The van der Waals surface area contributed by atoms with Crippen molar-refractivity contribution in [3.8, 4) is 17.1 Å². The second-order valence-corrected chi connectivity index (χ2v) is 6.88. The molecule has 6 nitrogen and oxygen atoms in total. The number of furan rings is 1. The van der Waals surface area contributed by atoms with E-state index in [1.165, 1.54) is 0 Å². The van der Waals surface area contributed by atoms with Gasteiger partial charge in [0.15, 0.2) is 11.3 Å². The maximum Gasteiger partial charge on any atom is 0.292 e. The van der Waals surface area contributed by atoms with Gasteiger partial charge in [-0.1, -0.05) is 48.5 Å². The highest BCUT2D eigenvalue weighted by Gasteiger charge is 2.17. The van der Waals surface area contributed by atoms with Crippen molar-refractivity contribution in [2.45, 2.75) is 0 Å². The molecule has 0 atom stereocenters. The molecule has 0 unspecified atom stereocenters. The number of aromatic nitrogens is 4. The molecule has 0 aliphatic rings. The third-order valence-corrected chi connectivity index (χ3v) is 5.13. The van der Waals surface area contributed by atoms with Crippen LogP contribution in [-0.2, 0) is 0 Å². The van der Waals surface area contributed by atoms with Crippen molar-refractivity contribution in [2.75, 3.05) is 0 Å². The normalized spacial score (nSPS) is 11.6. The largest absolute Gasteiger partial charge is 0.454 e. The Morgan fingerprint density at radius 2 is 1.69 bits per heavy atom. The van der Waals surface area contributed by atoms with Gasteiger partial charge in [0, 0.05) is 11.6 Å². The highest BCUT2D eigenvalue weighted by molar-refractivity contribution is 6.07.